The predicted octanol–water partition coefficient (Wildman–Crippen LogP) is 2.09. The summed E-state index contributed by atoms with van der Waals surface area (Å²) >= 11 is 0. The first-order valence-electron chi connectivity index (χ1n) is 5.62. The number of nitrogens with one attached hydrogen (secondary N) is 1. The van der Waals surface area contributed by atoms with Gasteiger partial charge in [0.1, 0.15) is 5.75 Å². The van der Waals surface area contributed by atoms with E-state index in [9.17, 15) is 0 Å². The second-order valence-electron chi connectivity index (χ2n) is 4.10. The Morgan fingerprint density at radius 3 is 2.76 bits per heavy atom. The summed E-state index contributed by atoms with van der Waals surface area (Å²) in [4.78, 5) is 7.00. The lowest BCUT2D eigenvalue weighted by Gasteiger charge is -2.06. The largest absolute Gasteiger partial charge is 0.496 e. The summed E-state index contributed by atoms with van der Waals surface area (Å²) in [5, 5.41) is 0. The van der Waals surface area contributed by atoms with Crippen molar-refractivity contribution in [3.8, 4) is 5.75 Å². The molecule has 0 radical (unpaired) electrons. The van der Waals surface area contributed by atoms with Gasteiger partial charge in [0.2, 0.25) is 0 Å². The molecule has 1 aromatic heterocycles. The van der Waals surface area contributed by atoms with E-state index in [1.807, 2.05) is 6.07 Å². The molecule has 0 saturated carbocycles. The third-order valence-corrected chi connectivity index (χ3v) is 2.79. The van der Waals surface area contributed by atoms with E-state index < -0.39 is 0 Å². The van der Waals surface area contributed by atoms with Crippen molar-refractivity contribution in [1.82, 2.24) is 9.97 Å². The minimum absolute atomic E-state index is 0.478. The molecule has 0 atom stereocenters. The fourth-order valence-corrected chi connectivity index (χ4v) is 1.88. The number of hydrogen-bond acceptors (Lipinski definition) is 3. The fraction of sp³-hybridized carbons (Fsp3) is 0.308. The second-order valence-corrected chi connectivity index (χ2v) is 4.10. The van der Waals surface area contributed by atoms with Crippen molar-refractivity contribution in [2.75, 3.05) is 12.8 Å². The third-order valence-electron chi connectivity index (χ3n) is 2.79. The zero-order valence-electron chi connectivity index (χ0n) is 10.2. The van der Waals surface area contributed by atoms with Crippen LogP contribution in [0.5, 0.6) is 5.75 Å². The molecule has 0 bridgehead atoms. The number of H-pyrrole nitrogens is 1. The van der Waals surface area contributed by atoms with Gasteiger partial charge in [-0.1, -0.05) is 12.1 Å². The molecule has 4 nitrogen and oxygen atoms in total. The van der Waals surface area contributed by atoms with Crippen molar-refractivity contribution in [1.29, 1.82) is 0 Å². The van der Waals surface area contributed by atoms with Crippen molar-refractivity contribution in [2.24, 2.45) is 0 Å². The van der Waals surface area contributed by atoms with E-state index in [2.05, 4.69) is 29.0 Å². The number of rotatable bonds is 4. The molecular formula is C13H17N3O. The summed E-state index contributed by atoms with van der Waals surface area (Å²) in [5.74, 6) is 1.41. The Kier molecular flexibility index (Phi) is 3.32. The average Bonchev–Trinajstić information content (AvgIpc) is 2.73. The van der Waals surface area contributed by atoms with Crippen molar-refractivity contribution in [2.45, 2.75) is 19.8 Å². The first-order valence-corrected chi connectivity index (χ1v) is 5.62. The van der Waals surface area contributed by atoms with E-state index >= 15 is 0 Å². The van der Waals surface area contributed by atoms with Gasteiger partial charge in [0.05, 0.1) is 13.3 Å². The highest BCUT2D eigenvalue weighted by molar-refractivity contribution is 5.36. The lowest BCUT2D eigenvalue weighted by atomic mass is 10.1. The number of nitrogen functional groups attached to an aromatic ring is 1. The number of aromatic amines is 1. The smallest absolute Gasteiger partial charge is 0.197 e. The van der Waals surface area contributed by atoms with Crippen LogP contribution in [0.1, 0.15) is 16.8 Å². The summed E-state index contributed by atoms with van der Waals surface area (Å²) in [7, 11) is 1.69. The predicted molar refractivity (Wildman–Crippen MR) is 68.1 cm³/mol. The summed E-state index contributed by atoms with van der Waals surface area (Å²) in [6.07, 6.45) is 3.66. The Balaban J connectivity index is 2.02. The molecule has 0 spiro atoms. The van der Waals surface area contributed by atoms with Crippen LogP contribution in [0, 0.1) is 6.92 Å². The summed E-state index contributed by atoms with van der Waals surface area (Å²) < 4.78 is 5.23. The molecule has 2 aromatic rings. The second kappa shape index (κ2) is 4.91. The molecule has 1 heterocycles. The Morgan fingerprint density at radius 2 is 2.18 bits per heavy atom. The molecule has 17 heavy (non-hydrogen) atoms. The topological polar surface area (TPSA) is 63.9 Å². The number of methoxy groups -OCH3 is 1. The average molecular weight is 231 g/mol. The van der Waals surface area contributed by atoms with Crippen LogP contribution in [-0.4, -0.2) is 17.1 Å². The van der Waals surface area contributed by atoms with Crippen molar-refractivity contribution in [3.05, 3.63) is 41.2 Å². The Labute approximate surface area is 101 Å². The highest BCUT2D eigenvalue weighted by atomic mass is 16.5. The van der Waals surface area contributed by atoms with Gasteiger partial charge in [0, 0.05) is 5.69 Å². The maximum absolute atomic E-state index is 5.53. The van der Waals surface area contributed by atoms with Gasteiger partial charge in [-0.2, -0.15) is 0 Å². The van der Waals surface area contributed by atoms with Gasteiger partial charge in [-0.05, 0) is 37.0 Å². The summed E-state index contributed by atoms with van der Waals surface area (Å²) in [6.45, 7) is 2.05. The van der Waals surface area contributed by atoms with E-state index in [1.54, 1.807) is 13.3 Å². The Bertz CT molecular complexity index is 505. The zero-order chi connectivity index (χ0) is 12.3. The quantitative estimate of drug-likeness (QED) is 0.847. The number of imidazole rings is 1. The number of ether oxygens (including phenoxy) is 1. The Morgan fingerprint density at radius 1 is 1.35 bits per heavy atom. The molecule has 90 valence electrons. The van der Waals surface area contributed by atoms with Crippen LogP contribution in [0.15, 0.2) is 24.4 Å². The molecule has 0 amide bonds. The fourth-order valence-electron chi connectivity index (χ4n) is 1.88. The maximum atomic E-state index is 5.53. The van der Waals surface area contributed by atoms with Crippen molar-refractivity contribution >= 4 is 5.95 Å². The Hall–Kier alpha value is -1.97. The lowest BCUT2D eigenvalue weighted by Crippen LogP contribution is -1.94. The van der Waals surface area contributed by atoms with E-state index in [0.717, 1.165) is 29.8 Å². The van der Waals surface area contributed by atoms with E-state index in [-0.39, 0.29) is 0 Å². The number of aromatic nitrogens is 2. The van der Waals surface area contributed by atoms with E-state index in [0.29, 0.717) is 5.95 Å². The van der Waals surface area contributed by atoms with Crippen LogP contribution in [0.4, 0.5) is 5.95 Å². The van der Waals surface area contributed by atoms with Crippen molar-refractivity contribution in [3.63, 3.8) is 0 Å². The normalized spacial score (nSPS) is 10.5. The van der Waals surface area contributed by atoms with Gasteiger partial charge in [-0.3, -0.25) is 0 Å². The molecule has 0 saturated heterocycles. The molecule has 0 fully saturated rings. The minimum Gasteiger partial charge on any atom is -0.496 e. The van der Waals surface area contributed by atoms with Crippen molar-refractivity contribution < 1.29 is 4.74 Å². The van der Waals surface area contributed by atoms with Crippen LogP contribution in [0.25, 0.3) is 0 Å². The highest BCUT2D eigenvalue weighted by Gasteiger charge is 2.02. The van der Waals surface area contributed by atoms with Crippen LogP contribution >= 0.6 is 0 Å². The SMILES string of the molecule is COc1ccc(CCc2cnc(N)[nH]2)cc1C. The number of nitrogens with zero attached hydrogens (tertiary/aromatic N) is 1. The van der Waals surface area contributed by atoms with Crippen LogP contribution < -0.4 is 10.5 Å². The van der Waals surface area contributed by atoms with Gasteiger partial charge >= 0.3 is 0 Å². The van der Waals surface area contributed by atoms with Crippen LogP contribution in [0.2, 0.25) is 0 Å². The lowest BCUT2D eigenvalue weighted by molar-refractivity contribution is 0.411. The molecule has 0 unspecified atom stereocenters. The summed E-state index contributed by atoms with van der Waals surface area (Å²) in [5.41, 5.74) is 9.04. The molecule has 0 aliphatic heterocycles. The molecule has 1 aromatic carbocycles. The zero-order valence-corrected chi connectivity index (χ0v) is 10.2. The number of aryl methyl sites for hydroxylation is 3. The number of benzene rings is 1. The standard InChI is InChI=1S/C13H17N3O/c1-9-7-10(4-6-12(9)17-2)3-5-11-8-15-13(14)16-11/h4,6-8H,3,5H2,1-2H3,(H3,14,15,16). The molecule has 4 heteroatoms. The third kappa shape index (κ3) is 2.78. The number of nitrogens with two attached hydrogens (primary N) is 1. The molecule has 2 rings (SSSR count). The van der Waals surface area contributed by atoms with Gasteiger partial charge in [-0.15, -0.1) is 0 Å². The first kappa shape index (κ1) is 11.5. The van der Waals surface area contributed by atoms with Crippen LogP contribution in [-0.2, 0) is 12.8 Å². The number of anilines is 1. The maximum Gasteiger partial charge on any atom is 0.197 e. The van der Waals surface area contributed by atoms with Gasteiger partial charge < -0.3 is 15.5 Å². The molecule has 0 aliphatic rings. The molecule has 3 N–H and O–H groups in total. The van der Waals surface area contributed by atoms with Gasteiger partial charge in [0.25, 0.3) is 0 Å². The molecule has 0 aliphatic carbocycles. The van der Waals surface area contributed by atoms with Crippen LogP contribution in [0.3, 0.4) is 0 Å². The number of hydrogen-bond donors (Lipinski definition) is 2. The minimum atomic E-state index is 0.478. The first-order chi connectivity index (χ1) is 8.19. The highest BCUT2D eigenvalue weighted by Crippen LogP contribution is 2.19. The van der Waals surface area contributed by atoms with Gasteiger partial charge in [0.15, 0.2) is 5.95 Å². The monoisotopic (exact) mass is 231 g/mol. The summed E-state index contributed by atoms with van der Waals surface area (Å²) in [6, 6.07) is 6.25. The van der Waals surface area contributed by atoms with Gasteiger partial charge in [-0.25, -0.2) is 4.98 Å². The molecular weight excluding hydrogens is 214 g/mol. The van der Waals surface area contributed by atoms with E-state index in [1.165, 1.54) is 5.56 Å². The van der Waals surface area contributed by atoms with E-state index in [4.69, 9.17) is 10.5 Å².